The summed E-state index contributed by atoms with van der Waals surface area (Å²) in [5.41, 5.74) is 0. The average molecular weight is 401 g/mol. The second kappa shape index (κ2) is 9.20. The Kier molecular flexibility index (Phi) is 6.22. The molecule has 0 atom stereocenters. The smallest absolute Gasteiger partial charge is 0.240 e. The van der Waals surface area contributed by atoms with E-state index in [1.165, 1.54) is 34.9 Å². The first-order valence-electron chi connectivity index (χ1n) is 10.3. The Morgan fingerprint density at radius 1 is 0.690 bits per heavy atom. The summed E-state index contributed by atoms with van der Waals surface area (Å²) in [6.45, 7) is 1.07. The lowest BCUT2D eigenvalue weighted by molar-refractivity contribution is -0.671. The average Bonchev–Trinajstić information content (AvgIpc) is 3.21. The molecule has 0 unspecified atom stereocenters. The van der Waals surface area contributed by atoms with Gasteiger partial charge in [-0.15, -0.1) is 0 Å². The number of aryl methyl sites for hydroxylation is 2. The van der Waals surface area contributed by atoms with E-state index in [0.29, 0.717) is 0 Å². The summed E-state index contributed by atoms with van der Waals surface area (Å²) in [6, 6.07) is 33.5. The van der Waals surface area contributed by atoms with Crippen LogP contribution in [0, 0.1) is 0 Å². The minimum absolute atomic E-state index is 1.07. The second-order valence-electron chi connectivity index (χ2n) is 7.56. The van der Waals surface area contributed by atoms with Crippen molar-refractivity contribution in [3.63, 3.8) is 0 Å². The third kappa shape index (κ3) is 4.33. The molecule has 4 rings (SSSR count). The van der Waals surface area contributed by atoms with Gasteiger partial charge in [0.2, 0.25) is 6.33 Å². The van der Waals surface area contributed by atoms with Crippen LogP contribution in [0.25, 0.3) is 0 Å². The highest BCUT2D eigenvalue weighted by Crippen LogP contribution is 2.55. The van der Waals surface area contributed by atoms with Crippen molar-refractivity contribution in [2.45, 2.75) is 19.4 Å². The zero-order valence-electron chi connectivity index (χ0n) is 17.1. The normalized spacial score (nSPS) is 11.5. The molecule has 0 bridgehead atoms. The maximum Gasteiger partial charge on any atom is 0.243 e. The van der Waals surface area contributed by atoms with Gasteiger partial charge in [-0.1, -0.05) is 54.6 Å². The Hall–Kier alpha value is -2.70. The maximum absolute atomic E-state index is 2.33. The molecular formula is C26H29N2P+2. The SMILES string of the molecule is C[n+]1ccn(CCCC[P+](c2ccccc2)(c2ccccc2)c2ccccc2)c1. The molecule has 1 heterocycles. The van der Waals surface area contributed by atoms with Crippen LogP contribution in [0.4, 0.5) is 0 Å². The number of aromatic nitrogens is 2. The number of hydrogen-bond acceptors (Lipinski definition) is 0. The van der Waals surface area contributed by atoms with Crippen LogP contribution in [-0.2, 0) is 13.6 Å². The molecule has 0 aliphatic rings. The van der Waals surface area contributed by atoms with Gasteiger partial charge < -0.3 is 0 Å². The van der Waals surface area contributed by atoms with Crippen LogP contribution >= 0.6 is 7.26 Å². The summed E-state index contributed by atoms with van der Waals surface area (Å²) >= 11 is 0. The van der Waals surface area contributed by atoms with Crippen LogP contribution in [0.3, 0.4) is 0 Å². The Bertz CT molecular complexity index is 914. The number of benzene rings is 3. The zero-order chi connectivity index (χ0) is 19.9. The van der Waals surface area contributed by atoms with Crippen molar-refractivity contribution in [2.24, 2.45) is 7.05 Å². The largest absolute Gasteiger partial charge is 0.243 e. The predicted molar refractivity (Wildman–Crippen MR) is 125 cm³/mol. The number of imidazole rings is 1. The van der Waals surface area contributed by atoms with Crippen molar-refractivity contribution in [1.29, 1.82) is 0 Å². The molecule has 3 aromatic carbocycles. The topological polar surface area (TPSA) is 8.81 Å². The fraction of sp³-hybridized carbons (Fsp3) is 0.192. The van der Waals surface area contributed by atoms with E-state index in [0.717, 1.165) is 6.54 Å². The van der Waals surface area contributed by atoms with Gasteiger partial charge in [0.25, 0.3) is 0 Å². The minimum Gasteiger partial charge on any atom is -0.240 e. The fourth-order valence-electron chi connectivity index (χ4n) is 4.16. The summed E-state index contributed by atoms with van der Waals surface area (Å²) in [7, 11) is 0.393. The lowest BCUT2D eigenvalue weighted by Gasteiger charge is -2.27. The Balaban J connectivity index is 1.69. The van der Waals surface area contributed by atoms with Gasteiger partial charge in [-0.3, -0.25) is 0 Å². The number of nitrogens with zero attached hydrogens (tertiary/aromatic N) is 2. The van der Waals surface area contributed by atoms with E-state index in [4.69, 9.17) is 0 Å². The van der Waals surface area contributed by atoms with E-state index in [9.17, 15) is 0 Å². The lowest BCUT2D eigenvalue weighted by Crippen LogP contribution is -2.33. The quantitative estimate of drug-likeness (QED) is 0.239. The van der Waals surface area contributed by atoms with Crippen LogP contribution in [0.1, 0.15) is 12.8 Å². The van der Waals surface area contributed by atoms with E-state index < -0.39 is 7.26 Å². The van der Waals surface area contributed by atoms with Crippen molar-refractivity contribution in [2.75, 3.05) is 6.16 Å². The molecule has 146 valence electrons. The number of hydrogen-bond donors (Lipinski definition) is 0. The van der Waals surface area contributed by atoms with Gasteiger partial charge in [0.1, 0.15) is 35.6 Å². The van der Waals surface area contributed by atoms with Gasteiger partial charge in [-0.05, 0) is 49.2 Å². The molecule has 0 fully saturated rings. The summed E-state index contributed by atoms with van der Waals surface area (Å²) in [5.74, 6) is 0. The standard InChI is InChI=1S/C26H29N2P/c1-27-20-21-28(23-27)19-11-12-22-29(24-13-5-2-6-14-24,25-15-7-3-8-16-25)26-17-9-4-10-18-26/h2-10,13-18,20-21,23H,11-12,19,22H2,1H3/q+2. The fourth-order valence-corrected chi connectivity index (χ4v) is 8.57. The van der Waals surface area contributed by atoms with E-state index in [1.807, 2.05) is 0 Å². The zero-order valence-corrected chi connectivity index (χ0v) is 18.0. The first-order chi connectivity index (χ1) is 14.3. The molecule has 3 heteroatoms. The first-order valence-corrected chi connectivity index (χ1v) is 12.3. The molecule has 4 aromatic rings. The highest BCUT2D eigenvalue weighted by Gasteiger charge is 2.44. The van der Waals surface area contributed by atoms with Gasteiger partial charge in [0.05, 0.1) is 19.8 Å². The van der Waals surface area contributed by atoms with Gasteiger partial charge in [0.15, 0.2) is 0 Å². The molecule has 0 amide bonds. The van der Waals surface area contributed by atoms with Gasteiger partial charge in [0, 0.05) is 0 Å². The lowest BCUT2D eigenvalue weighted by atomic mass is 10.3. The molecule has 0 aliphatic carbocycles. The molecular weight excluding hydrogens is 371 g/mol. The Morgan fingerprint density at radius 2 is 1.17 bits per heavy atom. The van der Waals surface area contributed by atoms with Gasteiger partial charge in [-0.25, -0.2) is 9.13 Å². The number of rotatable bonds is 8. The molecule has 0 spiro atoms. The van der Waals surface area contributed by atoms with Gasteiger partial charge in [-0.2, -0.15) is 0 Å². The summed E-state index contributed by atoms with van der Waals surface area (Å²) < 4.78 is 4.39. The van der Waals surface area contributed by atoms with Crippen molar-refractivity contribution >= 4 is 23.2 Å². The summed E-state index contributed by atoms with van der Waals surface area (Å²) in [5, 5.41) is 4.43. The first kappa shape index (κ1) is 19.6. The molecule has 2 nitrogen and oxygen atoms in total. The molecule has 0 aliphatic heterocycles. The molecule has 0 radical (unpaired) electrons. The van der Waals surface area contributed by atoms with E-state index in [1.54, 1.807) is 0 Å². The van der Waals surface area contributed by atoms with Crippen LogP contribution in [0.2, 0.25) is 0 Å². The van der Waals surface area contributed by atoms with Crippen LogP contribution < -0.4 is 20.5 Å². The van der Waals surface area contributed by atoms with E-state index in [2.05, 4.69) is 126 Å². The second-order valence-corrected chi connectivity index (χ2v) is 11.2. The highest BCUT2D eigenvalue weighted by atomic mass is 31.2. The van der Waals surface area contributed by atoms with E-state index in [-0.39, 0.29) is 0 Å². The molecule has 0 saturated carbocycles. The predicted octanol–water partition coefficient (Wildman–Crippen LogP) is 4.09. The maximum atomic E-state index is 2.33. The molecule has 1 aromatic heterocycles. The summed E-state index contributed by atoms with van der Waals surface area (Å²) in [4.78, 5) is 0. The molecule has 29 heavy (non-hydrogen) atoms. The third-order valence-electron chi connectivity index (χ3n) is 5.57. The van der Waals surface area contributed by atoms with Crippen molar-refractivity contribution in [3.8, 4) is 0 Å². The monoisotopic (exact) mass is 400 g/mol. The number of unbranched alkanes of at least 4 members (excludes halogenated alkanes) is 1. The highest BCUT2D eigenvalue weighted by molar-refractivity contribution is 7.95. The van der Waals surface area contributed by atoms with Crippen molar-refractivity contribution < 1.29 is 4.57 Å². The van der Waals surface area contributed by atoms with Crippen molar-refractivity contribution in [3.05, 3.63) is 110 Å². The summed E-state index contributed by atoms with van der Waals surface area (Å²) in [6.07, 6.45) is 10.0. The third-order valence-corrected chi connectivity index (χ3v) is 10.1. The van der Waals surface area contributed by atoms with E-state index >= 15 is 0 Å². The van der Waals surface area contributed by atoms with Gasteiger partial charge >= 0.3 is 0 Å². The van der Waals surface area contributed by atoms with Crippen molar-refractivity contribution in [1.82, 2.24) is 4.57 Å². The van der Waals surface area contributed by atoms with Crippen LogP contribution in [-0.4, -0.2) is 10.7 Å². The van der Waals surface area contributed by atoms with Crippen LogP contribution in [0.5, 0.6) is 0 Å². The Morgan fingerprint density at radius 3 is 1.59 bits per heavy atom. The van der Waals surface area contributed by atoms with Crippen LogP contribution in [0.15, 0.2) is 110 Å². The molecule has 0 saturated heterocycles. The minimum atomic E-state index is -1.68. The Labute approximate surface area is 174 Å². The molecule has 0 N–H and O–H groups in total.